The van der Waals surface area contributed by atoms with Gasteiger partial charge in [-0.25, -0.2) is 4.39 Å². The maximum atomic E-state index is 14.0. The lowest BCUT2D eigenvalue weighted by molar-refractivity contribution is 0.184. The van der Waals surface area contributed by atoms with Crippen LogP contribution in [0, 0.1) is 0 Å². The van der Waals surface area contributed by atoms with Crippen LogP contribution in [0.4, 0.5) is 4.39 Å². The predicted octanol–water partition coefficient (Wildman–Crippen LogP) is 9.83. The van der Waals surface area contributed by atoms with Gasteiger partial charge >= 0.3 is 0 Å². The first kappa shape index (κ1) is 26.0. The van der Waals surface area contributed by atoms with Crippen molar-refractivity contribution >= 4 is 0 Å². The summed E-state index contributed by atoms with van der Waals surface area (Å²) in [6, 6.07) is 25.6. The van der Waals surface area contributed by atoms with E-state index in [-0.39, 0.29) is 6.61 Å². The molecule has 1 atom stereocenters. The molecule has 0 fully saturated rings. The van der Waals surface area contributed by atoms with Gasteiger partial charge in [0, 0.05) is 0 Å². The molecule has 0 radical (unpaired) electrons. The SMILES string of the molecule is CCCCCCCc1ccc(-c2ccccc2-c2ccc(OCC(F)CCCCC)cc2)cc1. The summed E-state index contributed by atoms with van der Waals surface area (Å²) >= 11 is 0. The second-order valence-electron chi connectivity index (χ2n) is 9.34. The second-order valence-corrected chi connectivity index (χ2v) is 9.34. The zero-order valence-electron chi connectivity index (χ0n) is 21.1. The standard InChI is InChI=1S/C32H41FO/c1-3-5-7-8-10-13-26-17-19-27(20-18-26)31-15-11-12-16-32(31)28-21-23-30(24-22-28)34-25-29(33)14-9-6-4-2/h11-12,15-24,29H,3-10,13-14,25H2,1-2H3. The molecule has 0 aliphatic heterocycles. The van der Waals surface area contributed by atoms with E-state index in [1.165, 1.54) is 54.4 Å². The first-order valence-electron chi connectivity index (χ1n) is 13.3. The van der Waals surface area contributed by atoms with E-state index in [1.54, 1.807) is 0 Å². The van der Waals surface area contributed by atoms with Gasteiger partial charge in [0.2, 0.25) is 0 Å². The van der Waals surface area contributed by atoms with Crippen molar-refractivity contribution in [3.05, 3.63) is 78.4 Å². The molecule has 2 heteroatoms. The van der Waals surface area contributed by atoms with E-state index in [0.717, 1.165) is 37.0 Å². The Bertz CT molecular complexity index is 946. The molecule has 0 aliphatic rings. The topological polar surface area (TPSA) is 9.23 Å². The molecule has 0 N–H and O–H groups in total. The van der Waals surface area contributed by atoms with Gasteiger partial charge in [-0.2, -0.15) is 0 Å². The van der Waals surface area contributed by atoms with Gasteiger partial charge in [0.05, 0.1) is 0 Å². The number of rotatable bonds is 15. The molecule has 0 aliphatic carbocycles. The Morgan fingerprint density at radius 3 is 1.82 bits per heavy atom. The fourth-order valence-corrected chi connectivity index (χ4v) is 4.39. The second kappa shape index (κ2) is 14.6. The maximum absolute atomic E-state index is 14.0. The van der Waals surface area contributed by atoms with Gasteiger partial charge < -0.3 is 4.74 Å². The molecular weight excluding hydrogens is 419 g/mol. The average Bonchev–Trinajstić information content (AvgIpc) is 2.88. The first-order chi connectivity index (χ1) is 16.7. The summed E-state index contributed by atoms with van der Waals surface area (Å²) in [5, 5.41) is 0. The van der Waals surface area contributed by atoms with E-state index in [4.69, 9.17) is 4.74 Å². The zero-order chi connectivity index (χ0) is 24.0. The monoisotopic (exact) mass is 460 g/mol. The Balaban J connectivity index is 1.61. The van der Waals surface area contributed by atoms with Crippen LogP contribution in [0.5, 0.6) is 5.75 Å². The van der Waals surface area contributed by atoms with Crippen LogP contribution >= 0.6 is 0 Å². The largest absolute Gasteiger partial charge is 0.491 e. The lowest BCUT2D eigenvalue weighted by Gasteiger charge is -2.13. The summed E-state index contributed by atoms with van der Waals surface area (Å²) in [4.78, 5) is 0. The van der Waals surface area contributed by atoms with Crippen LogP contribution in [0.2, 0.25) is 0 Å². The summed E-state index contributed by atoms with van der Waals surface area (Å²) < 4.78 is 19.7. The molecule has 3 aromatic rings. The van der Waals surface area contributed by atoms with Crippen molar-refractivity contribution in [2.24, 2.45) is 0 Å². The van der Waals surface area contributed by atoms with Gasteiger partial charge in [0.1, 0.15) is 18.5 Å². The number of alkyl halides is 1. The third-order valence-corrected chi connectivity index (χ3v) is 6.48. The molecule has 0 saturated carbocycles. The lowest BCUT2D eigenvalue weighted by atomic mass is 9.93. The van der Waals surface area contributed by atoms with Crippen LogP contribution in [-0.2, 0) is 6.42 Å². The average molecular weight is 461 g/mol. The number of aryl methyl sites for hydroxylation is 1. The van der Waals surface area contributed by atoms with Gasteiger partial charge in [-0.05, 0) is 59.2 Å². The summed E-state index contributed by atoms with van der Waals surface area (Å²) in [6.07, 6.45) is 10.5. The van der Waals surface area contributed by atoms with Gasteiger partial charge in [0.15, 0.2) is 0 Å². The Labute approximate surface area is 206 Å². The highest BCUT2D eigenvalue weighted by Crippen LogP contribution is 2.33. The molecule has 0 heterocycles. The maximum Gasteiger partial charge on any atom is 0.134 e. The molecule has 3 rings (SSSR count). The Hall–Kier alpha value is -2.61. The number of halogens is 1. The van der Waals surface area contributed by atoms with Crippen molar-refractivity contribution in [3.63, 3.8) is 0 Å². The molecule has 34 heavy (non-hydrogen) atoms. The van der Waals surface area contributed by atoms with Gasteiger partial charge in [-0.15, -0.1) is 0 Å². The highest BCUT2D eigenvalue weighted by Gasteiger charge is 2.10. The van der Waals surface area contributed by atoms with Crippen molar-refractivity contribution in [3.8, 4) is 28.0 Å². The van der Waals surface area contributed by atoms with E-state index in [1.807, 2.05) is 12.1 Å². The molecule has 3 aromatic carbocycles. The summed E-state index contributed by atoms with van der Waals surface area (Å²) in [7, 11) is 0. The Morgan fingerprint density at radius 2 is 1.21 bits per heavy atom. The minimum absolute atomic E-state index is 0.130. The molecule has 0 aromatic heterocycles. The van der Waals surface area contributed by atoms with Crippen LogP contribution in [0.15, 0.2) is 72.8 Å². The van der Waals surface area contributed by atoms with Gasteiger partial charge in [-0.1, -0.05) is 119 Å². The van der Waals surface area contributed by atoms with Crippen LogP contribution < -0.4 is 4.74 Å². The molecule has 1 unspecified atom stereocenters. The minimum atomic E-state index is -0.897. The van der Waals surface area contributed by atoms with Crippen LogP contribution in [0.1, 0.15) is 77.2 Å². The molecule has 0 bridgehead atoms. The fraction of sp³-hybridized carbons (Fsp3) is 0.438. The lowest BCUT2D eigenvalue weighted by Crippen LogP contribution is -2.12. The number of hydrogen-bond donors (Lipinski definition) is 0. The third kappa shape index (κ3) is 8.31. The van der Waals surface area contributed by atoms with E-state index in [0.29, 0.717) is 6.42 Å². The first-order valence-corrected chi connectivity index (χ1v) is 13.3. The summed E-state index contributed by atoms with van der Waals surface area (Å²) in [5.74, 6) is 0.725. The van der Waals surface area contributed by atoms with Crippen molar-refractivity contribution in [2.75, 3.05) is 6.61 Å². The van der Waals surface area contributed by atoms with Crippen LogP contribution in [0.3, 0.4) is 0 Å². The van der Waals surface area contributed by atoms with E-state index < -0.39 is 6.17 Å². The van der Waals surface area contributed by atoms with Crippen molar-refractivity contribution < 1.29 is 9.13 Å². The molecule has 1 nitrogen and oxygen atoms in total. The predicted molar refractivity (Wildman–Crippen MR) is 144 cm³/mol. The van der Waals surface area contributed by atoms with E-state index >= 15 is 0 Å². The molecule has 0 amide bonds. The van der Waals surface area contributed by atoms with Gasteiger partial charge in [0.25, 0.3) is 0 Å². The van der Waals surface area contributed by atoms with Crippen molar-refractivity contribution in [1.29, 1.82) is 0 Å². The normalized spacial score (nSPS) is 12.0. The van der Waals surface area contributed by atoms with Gasteiger partial charge in [-0.3, -0.25) is 0 Å². The quantitative estimate of drug-likeness (QED) is 0.205. The van der Waals surface area contributed by atoms with Crippen LogP contribution in [-0.4, -0.2) is 12.8 Å². The van der Waals surface area contributed by atoms with E-state index in [2.05, 4.69) is 74.5 Å². The zero-order valence-corrected chi connectivity index (χ0v) is 21.1. The molecule has 182 valence electrons. The van der Waals surface area contributed by atoms with Crippen LogP contribution in [0.25, 0.3) is 22.3 Å². The smallest absolute Gasteiger partial charge is 0.134 e. The van der Waals surface area contributed by atoms with Crippen molar-refractivity contribution in [1.82, 2.24) is 0 Å². The molecule has 0 saturated heterocycles. The number of ether oxygens (including phenoxy) is 1. The Kier molecular flexibility index (Phi) is 11.2. The summed E-state index contributed by atoms with van der Waals surface area (Å²) in [5.41, 5.74) is 6.22. The number of unbranched alkanes of at least 4 members (excludes halogenated alkanes) is 6. The third-order valence-electron chi connectivity index (χ3n) is 6.48. The molecular formula is C32H41FO. The summed E-state index contributed by atoms with van der Waals surface area (Å²) in [6.45, 7) is 4.52. The highest BCUT2D eigenvalue weighted by atomic mass is 19.1. The van der Waals surface area contributed by atoms with E-state index in [9.17, 15) is 4.39 Å². The highest BCUT2D eigenvalue weighted by molar-refractivity contribution is 5.83. The van der Waals surface area contributed by atoms with Crippen molar-refractivity contribution in [2.45, 2.75) is 84.2 Å². The molecule has 0 spiro atoms. The minimum Gasteiger partial charge on any atom is -0.491 e. The Morgan fingerprint density at radius 1 is 0.647 bits per heavy atom. The number of benzene rings is 3. The fourth-order valence-electron chi connectivity index (χ4n) is 4.39. The number of hydrogen-bond acceptors (Lipinski definition) is 1.